The minimum atomic E-state index is -0.589. The number of fused-ring (bicyclic) bond motifs is 1. The maximum absolute atomic E-state index is 12.1. The Morgan fingerprint density at radius 2 is 2.28 bits per heavy atom. The number of rotatable bonds is 4. The van der Waals surface area contributed by atoms with E-state index in [4.69, 9.17) is 5.73 Å². The topological polar surface area (TPSA) is 83.8 Å². The van der Waals surface area contributed by atoms with Crippen LogP contribution >= 0.6 is 0 Å². The molecule has 1 aromatic carbocycles. The van der Waals surface area contributed by atoms with Crippen LogP contribution in [0.2, 0.25) is 0 Å². The summed E-state index contributed by atoms with van der Waals surface area (Å²) in [6.07, 6.45) is 1.65. The largest absolute Gasteiger partial charge is 0.354 e. The first kappa shape index (κ1) is 12.6. The number of benzene rings is 1. The second-order valence-electron chi connectivity index (χ2n) is 4.80. The number of H-pyrrole nitrogens is 1. The maximum atomic E-state index is 12.1. The molecule has 2 aromatic rings. The van der Waals surface area contributed by atoms with Crippen molar-refractivity contribution in [2.45, 2.75) is 19.3 Å². The quantitative estimate of drug-likeness (QED) is 0.750. The van der Waals surface area contributed by atoms with Crippen LogP contribution in [0.5, 0.6) is 0 Å². The molecule has 18 heavy (non-hydrogen) atoms. The lowest BCUT2D eigenvalue weighted by Gasteiger charge is -2.24. The third-order valence-electron chi connectivity index (χ3n) is 3.14. The lowest BCUT2D eigenvalue weighted by atomic mass is 9.83. The molecule has 0 bridgehead atoms. The molecule has 2 rings (SSSR count). The third-order valence-corrected chi connectivity index (χ3v) is 3.14. The molecular weight excluding hydrogens is 228 g/mol. The van der Waals surface area contributed by atoms with Gasteiger partial charge in [0.25, 0.3) is 0 Å². The Kier molecular flexibility index (Phi) is 3.34. The summed E-state index contributed by atoms with van der Waals surface area (Å²) in [5, 5.41) is 2.82. The second kappa shape index (κ2) is 4.78. The van der Waals surface area contributed by atoms with Crippen LogP contribution in [0.15, 0.2) is 24.5 Å². The number of aromatic nitrogens is 2. The highest BCUT2D eigenvalue weighted by molar-refractivity contribution is 5.88. The van der Waals surface area contributed by atoms with Crippen LogP contribution in [0.3, 0.4) is 0 Å². The van der Waals surface area contributed by atoms with E-state index in [1.54, 1.807) is 6.33 Å². The summed E-state index contributed by atoms with van der Waals surface area (Å²) in [5.74, 6) is -0.0215. The van der Waals surface area contributed by atoms with Crippen molar-refractivity contribution in [1.82, 2.24) is 15.3 Å². The number of hydrogen-bond donors (Lipinski definition) is 3. The molecule has 0 atom stereocenters. The van der Waals surface area contributed by atoms with Crippen molar-refractivity contribution in [2.75, 3.05) is 13.1 Å². The van der Waals surface area contributed by atoms with Crippen molar-refractivity contribution in [2.24, 2.45) is 5.73 Å². The Bertz CT molecular complexity index is 559. The van der Waals surface area contributed by atoms with E-state index in [2.05, 4.69) is 15.3 Å². The first-order chi connectivity index (χ1) is 8.55. The molecule has 0 aliphatic heterocycles. The summed E-state index contributed by atoms with van der Waals surface area (Å²) in [6.45, 7) is 4.74. The molecule has 4 N–H and O–H groups in total. The van der Waals surface area contributed by atoms with Crippen molar-refractivity contribution < 1.29 is 4.79 Å². The van der Waals surface area contributed by atoms with E-state index in [0.29, 0.717) is 13.1 Å². The van der Waals surface area contributed by atoms with Crippen LogP contribution in [0, 0.1) is 0 Å². The van der Waals surface area contributed by atoms with Gasteiger partial charge in [-0.3, -0.25) is 4.79 Å². The van der Waals surface area contributed by atoms with E-state index < -0.39 is 5.41 Å². The molecule has 0 saturated heterocycles. The number of nitrogens with two attached hydrogens (primary N) is 1. The molecule has 96 valence electrons. The van der Waals surface area contributed by atoms with Gasteiger partial charge in [-0.15, -0.1) is 0 Å². The van der Waals surface area contributed by atoms with Gasteiger partial charge < -0.3 is 16.0 Å². The fraction of sp³-hybridized carbons (Fsp3) is 0.385. The Balaban J connectivity index is 2.30. The number of aromatic amines is 1. The Morgan fingerprint density at radius 3 is 3.00 bits per heavy atom. The van der Waals surface area contributed by atoms with Gasteiger partial charge in [0.05, 0.1) is 22.8 Å². The highest BCUT2D eigenvalue weighted by atomic mass is 16.2. The second-order valence-corrected chi connectivity index (χ2v) is 4.80. The van der Waals surface area contributed by atoms with E-state index in [0.717, 1.165) is 16.6 Å². The van der Waals surface area contributed by atoms with Gasteiger partial charge in [0.2, 0.25) is 5.91 Å². The first-order valence-electron chi connectivity index (χ1n) is 5.97. The molecule has 0 aliphatic carbocycles. The van der Waals surface area contributed by atoms with E-state index in [-0.39, 0.29) is 5.91 Å². The summed E-state index contributed by atoms with van der Waals surface area (Å²) in [7, 11) is 0. The highest BCUT2D eigenvalue weighted by Crippen LogP contribution is 2.25. The molecule has 0 saturated carbocycles. The summed E-state index contributed by atoms with van der Waals surface area (Å²) < 4.78 is 0. The average Bonchev–Trinajstić information content (AvgIpc) is 2.82. The van der Waals surface area contributed by atoms with Crippen LogP contribution in [-0.2, 0) is 10.2 Å². The van der Waals surface area contributed by atoms with E-state index in [1.807, 2.05) is 32.0 Å². The lowest BCUT2D eigenvalue weighted by Crippen LogP contribution is -2.42. The predicted molar refractivity (Wildman–Crippen MR) is 71.2 cm³/mol. The van der Waals surface area contributed by atoms with Crippen molar-refractivity contribution in [3.05, 3.63) is 30.1 Å². The fourth-order valence-corrected chi connectivity index (χ4v) is 1.86. The molecule has 0 unspecified atom stereocenters. The van der Waals surface area contributed by atoms with Crippen molar-refractivity contribution in [3.8, 4) is 0 Å². The van der Waals surface area contributed by atoms with Gasteiger partial charge >= 0.3 is 0 Å². The normalized spacial score (nSPS) is 11.7. The summed E-state index contributed by atoms with van der Waals surface area (Å²) >= 11 is 0. The predicted octanol–water partition coefficient (Wildman–Crippen LogP) is 0.915. The number of amides is 1. The lowest BCUT2D eigenvalue weighted by molar-refractivity contribution is -0.125. The van der Waals surface area contributed by atoms with Crippen LogP contribution < -0.4 is 11.1 Å². The number of nitrogens with one attached hydrogen (secondary N) is 2. The Hall–Kier alpha value is -1.88. The standard InChI is InChI=1S/C13H18N4O/c1-13(2,12(18)15-6-5-14)9-3-4-10-11(7-9)17-8-16-10/h3-4,7-8H,5-6,14H2,1-2H3,(H,15,18)(H,16,17). The van der Waals surface area contributed by atoms with Crippen LogP contribution in [-0.4, -0.2) is 29.0 Å². The molecule has 1 heterocycles. The molecule has 5 nitrogen and oxygen atoms in total. The van der Waals surface area contributed by atoms with Crippen molar-refractivity contribution in [1.29, 1.82) is 0 Å². The molecule has 0 fully saturated rings. The van der Waals surface area contributed by atoms with E-state index >= 15 is 0 Å². The van der Waals surface area contributed by atoms with Gasteiger partial charge in [-0.2, -0.15) is 0 Å². The first-order valence-corrected chi connectivity index (χ1v) is 5.97. The van der Waals surface area contributed by atoms with Gasteiger partial charge in [-0.25, -0.2) is 4.98 Å². The minimum absolute atomic E-state index is 0.0215. The van der Waals surface area contributed by atoms with Gasteiger partial charge in [0, 0.05) is 13.1 Å². The Labute approximate surface area is 106 Å². The SMILES string of the molecule is CC(C)(C(=O)NCCN)c1ccc2nc[nH]c2c1. The number of carbonyl (C=O) groups excluding carboxylic acids is 1. The number of nitrogens with zero attached hydrogens (tertiary/aromatic N) is 1. The zero-order chi connectivity index (χ0) is 13.2. The molecule has 1 amide bonds. The highest BCUT2D eigenvalue weighted by Gasteiger charge is 2.29. The molecule has 5 heteroatoms. The zero-order valence-corrected chi connectivity index (χ0v) is 10.7. The molecule has 0 radical (unpaired) electrons. The summed E-state index contributed by atoms with van der Waals surface area (Å²) in [6, 6.07) is 5.81. The minimum Gasteiger partial charge on any atom is -0.354 e. The Morgan fingerprint density at radius 1 is 1.50 bits per heavy atom. The van der Waals surface area contributed by atoms with E-state index in [1.165, 1.54) is 0 Å². The monoisotopic (exact) mass is 246 g/mol. The van der Waals surface area contributed by atoms with Gasteiger partial charge in [-0.1, -0.05) is 6.07 Å². The average molecular weight is 246 g/mol. The maximum Gasteiger partial charge on any atom is 0.230 e. The smallest absolute Gasteiger partial charge is 0.230 e. The molecule has 0 aliphatic rings. The summed E-state index contributed by atoms with van der Waals surface area (Å²) in [4.78, 5) is 19.3. The van der Waals surface area contributed by atoms with Crippen LogP contribution in [0.25, 0.3) is 11.0 Å². The van der Waals surface area contributed by atoms with Crippen LogP contribution in [0.4, 0.5) is 0 Å². The molecular formula is C13H18N4O. The van der Waals surface area contributed by atoms with Gasteiger partial charge in [0.1, 0.15) is 0 Å². The number of carbonyl (C=O) groups is 1. The van der Waals surface area contributed by atoms with Gasteiger partial charge in [0.15, 0.2) is 0 Å². The third kappa shape index (κ3) is 2.22. The molecule has 1 aromatic heterocycles. The number of imidazole rings is 1. The number of hydrogen-bond acceptors (Lipinski definition) is 3. The van der Waals surface area contributed by atoms with Crippen molar-refractivity contribution in [3.63, 3.8) is 0 Å². The molecule has 0 spiro atoms. The van der Waals surface area contributed by atoms with Gasteiger partial charge in [-0.05, 0) is 31.5 Å². The van der Waals surface area contributed by atoms with Crippen molar-refractivity contribution >= 4 is 16.9 Å². The fourth-order valence-electron chi connectivity index (χ4n) is 1.86. The zero-order valence-electron chi connectivity index (χ0n) is 10.7. The summed E-state index contributed by atoms with van der Waals surface area (Å²) in [5.41, 5.74) is 7.59. The van der Waals surface area contributed by atoms with Crippen LogP contribution in [0.1, 0.15) is 19.4 Å². The van der Waals surface area contributed by atoms with E-state index in [9.17, 15) is 4.79 Å².